The number of hydrogen-bond acceptors (Lipinski definition) is 7. The minimum Gasteiger partial charge on any atom is -0.414 e. The van der Waals surface area contributed by atoms with E-state index in [1.54, 1.807) is 6.33 Å². The maximum Gasteiger partial charge on any atom is 0.192 e. The number of nitrogens with two attached hydrogens (primary N) is 1. The summed E-state index contributed by atoms with van der Waals surface area (Å²) in [6, 6.07) is 0. The van der Waals surface area contributed by atoms with E-state index in [9.17, 15) is 0 Å². The number of anilines is 1. The summed E-state index contributed by atoms with van der Waals surface area (Å²) in [4.78, 5) is 13.1. The first-order valence-corrected chi connectivity index (χ1v) is 18.3. The fourth-order valence-electron chi connectivity index (χ4n) is 3.87. The van der Waals surface area contributed by atoms with E-state index in [1.165, 1.54) is 6.33 Å². The lowest BCUT2D eigenvalue weighted by atomic mass is 9.96. The molecule has 0 spiro atoms. The highest BCUT2D eigenvalue weighted by Crippen LogP contribution is 2.47. The standard InChI is InChI=1S/C25H45N5O3Si2/c1-12-13-25(15-31-34(8,9)23(2,3)4)14-18(33-35(10,11)24(5,6)7)22(32-25)30-17-29-19-20(26)27-16-28-21(19)30/h12,16-18,22H,1,13-15H2,2-11H3,(H2,26,27,28)/t18-,22-,25-/m1/s1. The molecule has 0 saturated carbocycles. The van der Waals surface area contributed by atoms with Crippen LogP contribution in [0.2, 0.25) is 36.3 Å². The summed E-state index contributed by atoms with van der Waals surface area (Å²) in [5.74, 6) is 0.354. The Morgan fingerprint density at radius 1 is 1.11 bits per heavy atom. The molecule has 3 heterocycles. The van der Waals surface area contributed by atoms with Gasteiger partial charge in [0.2, 0.25) is 0 Å². The van der Waals surface area contributed by atoms with Crippen molar-refractivity contribution in [1.82, 2.24) is 19.5 Å². The Balaban J connectivity index is 2.03. The van der Waals surface area contributed by atoms with Gasteiger partial charge in [0.1, 0.15) is 11.8 Å². The van der Waals surface area contributed by atoms with E-state index in [0.29, 0.717) is 36.4 Å². The van der Waals surface area contributed by atoms with Gasteiger partial charge in [0.05, 0.1) is 24.6 Å². The van der Waals surface area contributed by atoms with Crippen LogP contribution in [0.25, 0.3) is 11.2 Å². The molecule has 0 aliphatic carbocycles. The number of fused-ring (bicyclic) bond motifs is 1. The molecule has 2 N–H and O–H groups in total. The van der Waals surface area contributed by atoms with Crippen molar-refractivity contribution in [3.05, 3.63) is 25.3 Å². The number of rotatable bonds is 8. The summed E-state index contributed by atoms with van der Waals surface area (Å²) in [5.41, 5.74) is 6.74. The number of ether oxygens (including phenoxy) is 1. The van der Waals surface area contributed by atoms with Crippen molar-refractivity contribution < 1.29 is 13.6 Å². The molecule has 1 saturated heterocycles. The van der Waals surface area contributed by atoms with Crippen LogP contribution < -0.4 is 5.73 Å². The second kappa shape index (κ2) is 9.37. The lowest BCUT2D eigenvalue weighted by molar-refractivity contribution is -0.102. The van der Waals surface area contributed by atoms with Crippen molar-refractivity contribution in [1.29, 1.82) is 0 Å². The molecule has 3 atom stereocenters. The van der Waals surface area contributed by atoms with E-state index in [4.69, 9.17) is 19.3 Å². The topological polar surface area (TPSA) is 97.3 Å². The van der Waals surface area contributed by atoms with Gasteiger partial charge in [-0.1, -0.05) is 47.6 Å². The summed E-state index contributed by atoms with van der Waals surface area (Å²) in [6.07, 6.45) is 5.89. The lowest BCUT2D eigenvalue weighted by Gasteiger charge is -2.40. The maximum atomic E-state index is 6.99. The first kappa shape index (κ1) is 28.0. The SMILES string of the molecule is C=CC[C@]1(CO[Si](C)(C)C(C)(C)C)C[C@@H](O[Si](C)(C)C(C)(C)C)[C@H](n2cnc3c(N)ncnc32)O1. The monoisotopic (exact) mass is 519 g/mol. The van der Waals surface area contributed by atoms with Crippen molar-refractivity contribution in [2.75, 3.05) is 12.3 Å². The van der Waals surface area contributed by atoms with E-state index in [1.807, 2.05) is 10.6 Å². The Hall–Kier alpha value is -1.60. The van der Waals surface area contributed by atoms with Gasteiger partial charge in [-0.05, 0) is 42.7 Å². The summed E-state index contributed by atoms with van der Waals surface area (Å²) in [7, 11) is -4.10. The Labute approximate surface area is 212 Å². The number of hydrogen-bond donors (Lipinski definition) is 1. The molecule has 35 heavy (non-hydrogen) atoms. The van der Waals surface area contributed by atoms with Crippen LogP contribution in [0.3, 0.4) is 0 Å². The summed E-state index contributed by atoms with van der Waals surface area (Å²) < 4.78 is 22.5. The minimum absolute atomic E-state index is 0.0580. The largest absolute Gasteiger partial charge is 0.414 e. The van der Waals surface area contributed by atoms with Crippen LogP contribution in [0.5, 0.6) is 0 Å². The number of nitrogen functional groups attached to an aromatic ring is 1. The maximum absolute atomic E-state index is 6.99. The average molecular weight is 520 g/mol. The molecule has 10 heteroatoms. The quantitative estimate of drug-likeness (QED) is 0.335. The van der Waals surface area contributed by atoms with E-state index >= 15 is 0 Å². The fraction of sp³-hybridized carbons (Fsp3) is 0.720. The number of imidazole rings is 1. The van der Waals surface area contributed by atoms with Gasteiger partial charge in [-0.2, -0.15) is 0 Å². The molecular weight excluding hydrogens is 474 g/mol. The molecule has 3 rings (SSSR count). The second-order valence-electron chi connectivity index (χ2n) is 12.9. The molecule has 0 unspecified atom stereocenters. The molecule has 2 aromatic rings. The molecule has 8 nitrogen and oxygen atoms in total. The molecule has 1 aliphatic heterocycles. The van der Waals surface area contributed by atoms with Crippen LogP contribution in [-0.2, 0) is 13.6 Å². The lowest BCUT2D eigenvalue weighted by Crippen LogP contribution is -2.47. The Morgan fingerprint density at radius 2 is 1.74 bits per heavy atom. The highest BCUT2D eigenvalue weighted by atomic mass is 28.4. The van der Waals surface area contributed by atoms with Crippen molar-refractivity contribution in [2.24, 2.45) is 0 Å². The molecular formula is C25H45N5O3Si2. The third kappa shape index (κ3) is 5.56. The van der Waals surface area contributed by atoms with Crippen LogP contribution in [0, 0.1) is 0 Å². The van der Waals surface area contributed by atoms with Crippen molar-refractivity contribution >= 4 is 33.6 Å². The number of nitrogens with zero attached hydrogens (tertiary/aromatic N) is 4. The van der Waals surface area contributed by atoms with Crippen LogP contribution in [0.4, 0.5) is 5.82 Å². The van der Waals surface area contributed by atoms with Crippen LogP contribution in [0.15, 0.2) is 25.3 Å². The summed E-state index contributed by atoms with van der Waals surface area (Å²) in [6.45, 7) is 27.1. The summed E-state index contributed by atoms with van der Waals surface area (Å²) in [5, 5.41) is 0.162. The van der Waals surface area contributed by atoms with Gasteiger partial charge in [-0.3, -0.25) is 4.57 Å². The molecule has 0 radical (unpaired) electrons. The molecule has 1 fully saturated rings. The molecule has 2 aromatic heterocycles. The zero-order chi connectivity index (χ0) is 26.4. The zero-order valence-electron chi connectivity index (χ0n) is 23.3. The van der Waals surface area contributed by atoms with Crippen molar-refractivity contribution in [2.45, 2.75) is 109 Å². The smallest absolute Gasteiger partial charge is 0.192 e. The van der Waals surface area contributed by atoms with E-state index in [2.05, 4.69) is 89.3 Å². The third-order valence-electron chi connectivity index (χ3n) is 8.19. The van der Waals surface area contributed by atoms with E-state index in [-0.39, 0.29) is 16.2 Å². The zero-order valence-corrected chi connectivity index (χ0v) is 25.3. The van der Waals surface area contributed by atoms with Crippen LogP contribution >= 0.6 is 0 Å². The normalized spacial score (nSPS) is 24.3. The van der Waals surface area contributed by atoms with Gasteiger partial charge in [-0.25, -0.2) is 15.0 Å². The van der Waals surface area contributed by atoms with Gasteiger partial charge in [0.15, 0.2) is 34.3 Å². The molecule has 0 aromatic carbocycles. The van der Waals surface area contributed by atoms with Gasteiger partial charge in [0, 0.05) is 6.42 Å². The molecule has 1 aliphatic rings. The van der Waals surface area contributed by atoms with Gasteiger partial charge in [0.25, 0.3) is 0 Å². The highest BCUT2D eigenvalue weighted by molar-refractivity contribution is 6.74. The predicted molar refractivity (Wildman–Crippen MR) is 147 cm³/mol. The first-order chi connectivity index (χ1) is 15.9. The Morgan fingerprint density at radius 3 is 2.31 bits per heavy atom. The fourth-order valence-corrected chi connectivity index (χ4v) is 6.24. The van der Waals surface area contributed by atoms with Gasteiger partial charge >= 0.3 is 0 Å². The van der Waals surface area contributed by atoms with E-state index in [0.717, 1.165) is 0 Å². The molecule has 0 amide bonds. The minimum atomic E-state index is -2.11. The molecule has 196 valence electrons. The molecule has 0 bridgehead atoms. The van der Waals surface area contributed by atoms with E-state index < -0.39 is 28.5 Å². The summed E-state index contributed by atoms with van der Waals surface area (Å²) >= 11 is 0. The van der Waals surface area contributed by atoms with Gasteiger partial charge < -0.3 is 19.3 Å². The van der Waals surface area contributed by atoms with Crippen LogP contribution in [-0.4, -0.2) is 54.5 Å². The Bertz CT molecular complexity index is 1060. The predicted octanol–water partition coefficient (Wildman–Crippen LogP) is 6.05. The Kier molecular flexibility index (Phi) is 7.49. The van der Waals surface area contributed by atoms with Crippen molar-refractivity contribution in [3.63, 3.8) is 0 Å². The van der Waals surface area contributed by atoms with Crippen molar-refractivity contribution in [3.8, 4) is 0 Å². The average Bonchev–Trinajstić information content (AvgIpc) is 3.27. The number of aromatic nitrogens is 4. The second-order valence-corrected chi connectivity index (χ2v) is 22.5. The first-order valence-electron chi connectivity index (χ1n) is 12.5. The highest BCUT2D eigenvalue weighted by Gasteiger charge is 2.52. The van der Waals surface area contributed by atoms with Crippen LogP contribution in [0.1, 0.15) is 60.6 Å². The third-order valence-corrected chi connectivity index (χ3v) is 17.2. The van der Waals surface area contributed by atoms with Gasteiger partial charge in [-0.15, -0.1) is 6.58 Å².